The number of likely N-dealkylation sites (tertiary alicyclic amines) is 1. The van der Waals surface area contributed by atoms with E-state index in [0.29, 0.717) is 6.61 Å². The van der Waals surface area contributed by atoms with Gasteiger partial charge in [0.1, 0.15) is 5.75 Å². The highest BCUT2D eigenvalue weighted by Crippen LogP contribution is 2.39. The van der Waals surface area contributed by atoms with Gasteiger partial charge < -0.3 is 14.2 Å². The molecule has 2 aliphatic heterocycles. The topological polar surface area (TPSA) is 34.5 Å². The lowest BCUT2D eigenvalue weighted by molar-refractivity contribution is -0.134. The average molecular weight is 310 g/mol. The van der Waals surface area contributed by atoms with Crippen molar-refractivity contribution in [2.45, 2.75) is 31.2 Å². The van der Waals surface area contributed by atoms with Crippen LogP contribution in [-0.4, -0.2) is 28.5 Å². The van der Waals surface area contributed by atoms with E-state index in [-0.39, 0.29) is 17.9 Å². The van der Waals surface area contributed by atoms with E-state index in [1.807, 2.05) is 24.3 Å². The first-order valence-corrected chi connectivity index (χ1v) is 8.39. The maximum absolute atomic E-state index is 13.2. The molecule has 3 heterocycles. The van der Waals surface area contributed by atoms with Crippen molar-refractivity contribution in [3.63, 3.8) is 0 Å². The van der Waals surface area contributed by atoms with Gasteiger partial charge in [-0.1, -0.05) is 18.2 Å². The van der Waals surface area contributed by atoms with Crippen molar-refractivity contribution in [2.75, 3.05) is 13.2 Å². The van der Waals surface area contributed by atoms with E-state index in [1.165, 1.54) is 5.69 Å². The Balaban J connectivity index is 1.63. The first-order chi connectivity index (χ1) is 11.3. The van der Waals surface area contributed by atoms with Crippen LogP contribution in [0.1, 0.15) is 42.5 Å². The molecule has 1 amide bonds. The van der Waals surface area contributed by atoms with Crippen LogP contribution in [0.5, 0.6) is 5.75 Å². The molecule has 0 N–H and O–H groups in total. The number of benzene rings is 1. The van der Waals surface area contributed by atoms with Crippen LogP contribution in [0, 0.1) is 0 Å². The summed E-state index contributed by atoms with van der Waals surface area (Å²) in [5, 5.41) is 0. The molecule has 4 rings (SSSR count). The van der Waals surface area contributed by atoms with Crippen molar-refractivity contribution in [2.24, 2.45) is 7.05 Å². The SMILES string of the molecule is Cn1cccc1[C@H]1CCCN1C(=O)[C@@H]1CCOc2ccccc21. The van der Waals surface area contributed by atoms with Crippen molar-refractivity contribution in [1.82, 2.24) is 9.47 Å². The molecule has 2 aliphatic rings. The number of hydrogen-bond acceptors (Lipinski definition) is 2. The zero-order chi connectivity index (χ0) is 15.8. The van der Waals surface area contributed by atoms with Crippen LogP contribution in [0.25, 0.3) is 0 Å². The lowest BCUT2D eigenvalue weighted by Gasteiger charge is -2.32. The normalized spacial score (nSPS) is 23.4. The molecule has 120 valence electrons. The Bertz CT molecular complexity index is 722. The standard InChI is InChI=1S/C19H22N2O2/c1-20-11-4-7-16(20)17-8-5-12-21(17)19(22)15-10-13-23-18-9-3-2-6-14(15)18/h2-4,6-7,9,11,15,17H,5,8,10,12-13H2,1H3/t15-,17-/m1/s1. The van der Waals surface area contributed by atoms with Crippen molar-refractivity contribution in [1.29, 1.82) is 0 Å². The minimum absolute atomic E-state index is 0.0687. The molecular weight excluding hydrogens is 288 g/mol. The molecule has 23 heavy (non-hydrogen) atoms. The predicted octanol–water partition coefficient (Wildman–Crippen LogP) is 3.25. The number of hydrogen-bond donors (Lipinski definition) is 0. The van der Waals surface area contributed by atoms with E-state index >= 15 is 0 Å². The second-order valence-electron chi connectivity index (χ2n) is 6.46. The van der Waals surface area contributed by atoms with Crippen LogP contribution in [0.4, 0.5) is 0 Å². The zero-order valence-corrected chi connectivity index (χ0v) is 13.4. The number of aromatic nitrogens is 1. The molecule has 4 nitrogen and oxygen atoms in total. The Morgan fingerprint density at radius 2 is 2.04 bits per heavy atom. The van der Waals surface area contributed by atoms with Crippen LogP contribution in [0.2, 0.25) is 0 Å². The highest BCUT2D eigenvalue weighted by atomic mass is 16.5. The van der Waals surface area contributed by atoms with E-state index < -0.39 is 0 Å². The lowest BCUT2D eigenvalue weighted by Crippen LogP contribution is -2.37. The Hall–Kier alpha value is -2.23. The van der Waals surface area contributed by atoms with Gasteiger partial charge in [0.15, 0.2) is 0 Å². The van der Waals surface area contributed by atoms with E-state index in [0.717, 1.165) is 37.1 Å². The lowest BCUT2D eigenvalue weighted by atomic mass is 9.91. The van der Waals surface area contributed by atoms with Crippen LogP contribution < -0.4 is 4.74 Å². The smallest absolute Gasteiger partial charge is 0.230 e. The van der Waals surface area contributed by atoms with E-state index in [2.05, 4.69) is 34.8 Å². The van der Waals surface area contributed by atoms with Gasteiger partial charge in [-0.2, -0.15) is 0 Å². The number of carbonyl (C=O) groups is 1. The molecule has 4 heteroatoms. The summed E-state index contributed by atoms with van der Waals surface area (Å²) >= 11 is 0. The zero-order valence-electron chi connectivity index (χ0n) is 13.4. The Labute approximate surface area is 136 Å². The van der Waals surface area contributed by atoms with Crippen molar-refractivity contribution in [3.8, 4) is 5.75 Å². The summed E-state index contributed by atoms with van der Waals surface area (Å²) in [4.78, 5) is 15.3. The summed E-state index contributed by atoms with van der Waals surface area (Å²) < 4.78 is 7.84. The number of para-hydroxylation sites is 1. The number of amides is 1. The van der Waals surface area contributed by atoms with Gasteiger partial charge in [0, 0.05) is 31.0 Å². The highest BCUT2D eigenvalue weighted by Gasteiger charge is 2.37. The number of aryl methyl sites for hydroxylation is 1. The van der Waals surface area contributed by atoms with Gasteiger partial charge >= 0.3 is 0 Å². The monoisotopic (exact) mass is 310 g/mol. The largest absolute Gasteiger partial charge is 0.493 e. The second-order valence-corrected chi connectivity index (χ2v) is 6.46. The predicted molar refractivity (Wildman–Crippen MR) is 88.4 cm³/mol. The maximum atomic E-state index is 13.2. The molecule has 1 aromatic heterocycles. The van der Waals surface area contributed by atoms with Gasteiger partial charge in [-0.3, -0.25) is 4.79 Å². The Morgan fingerprint density at radius 1 is 1.17 bits per heavy atom. The molecule has 0 unspecified atom stereocenters. The molecule has 1 aromatic carbocycles. The molecule has 2 aromatic rings. The number of carbonyl (C=O) groups excluding carboxylic acids is 1. The molecule has 0 bridgehead atoms. The van der Waals surface area contributed by atoms with Gasteiger partial charge in [0.05, 0.1) is 18.6 Å². The van der Waals surface area contributed by atoms with Crippen molar-refractivity contribution < 1.29 is 9.53 Å². The number of ether oxygens (including phenoxy) is 1. The molecule has 2 atom stereocenters. The summed E-state index contributed by atoms with van der Waals surface area (Å²) in [6, 6.07) is 12.4. The number of fused-ring (bicyclic) bond motifs is 1. The van der Waals surface area contributed by atoms with E-state index in [1.54, 1.807) is 0 Å². The third-order valence-electron chi connectivity index (χ3n) is 5.12. The van der Waals surface area contributed by atoms with E-state index in [9.17, 15) is 4.79 Å². The molecule has 1 saturated heterocycles. The summed E-state index contributed by atoms with van der Waals surface area (Å²) in [7, 11) is 2.06. The molecule has 0 saturated carbocycles. The third kappa shape index (κ3) is 2.42. The molecular formula is C19H22N2O2. The van der Waals surface area contributed by atoms with E-state index in [4.69, 9.17) is 4.74 Å². The minimum Gasteiger partial charge on any atom is -0.493 e. The minimum atomic E-state index is -0.0687. The van der Waals surface area contributed by atoms with Crippen LogP contribution in [-0.2, 0) is 11.8 Å². The van der Waals surface area contributed by atoms with Crippen LogP contribution in [0.15, 0.2) is 42.6 Å². The quantitative estimate of drug-likeness (QED) is 0.853. The fourth-order valence-electron chi connectivity index (χ4n) is 3.96. The van der Waals surface area contributed by atoms with Gasteiger partial charge in [0.25, 0.3) is 0 Å². The van der Waals surface area contributed by atoms with Gasteiger partial charge in [-0.25, -0.2) is 0 Å². The molecule has 0 spiro atoms. The second kappa shape index (κ2) is 5.76. The molecule has 0 radical (unpaired) electrons. The Morgan fingerprint density at radius 3 is 2.87 bits per heavy atom. The fourth-order valence-corrected chi connectivity index (χ4v) is 3.96. The van der Waals surface area contributed by atoms with Crippen molar-refractivity contribution >= 4 is 5.91 Å². The highest BCUT2D eigenvalue weighted by molar-refractivity contribution is 5.85. The van der Waals surface area contributed by atoms with Crippen LogP contribution >= 0.6 is 0 Å². The summed E-state index contributed by atoms with van der Waals surface area (Å²) in [6.45, 7) is 1.48. The Kier molecular flexibility index (Phi) is 3.60. The number of rotatable bonds is 2. The van der Waals surface area contributed by atoms with Gasteiger partial charge in [-0.15, -0.1) is 0 Å². The summed E-state index contributed by atoms with van der Waals surface area (Å²) in [5.74, 6) is 1.05. The summed E-state index contributed by atoms with van der Waals surface area (Å²) in [6.07, 6.45) is 4.95. The molecule has 1 fully saturated rings. The van der Waals surface area contributed by atoms with Gasteiger partial charge in [0.2, 0.25) is 5.91 Å². The fraction of sp³-hybridized carbons (Fsp3) is 0.421. The summed E-state index contributed by atoms with van der Waals surface area (Å²) in [5.41, 5.74) is 2.28. The third-order valence-corrected chi connectivity index (χ3v) is 5.12. The first-order valence-electron chi connectivity index (χ1n) is 8.39. The van der Waals surface area contributed by atoms with Crippen LogP contribution in [0.3, 0.4) is 0 Å². The maximum Gasteiger partial charge on any atom is 0.230 e. The van der Waals surface area contributed by atoms with Gasteiger partial charge in [-0.05, 0) is 37.5 Å². The van der Waals surface area contributed by atoms with Crippen molar-refractivity contribution in [3.05, 3.63) is 53.9 Å². The first kappa shape index (κ1) is 14.4. The molecule has 0 aliphatic carbocycles. The average Bonchev–Trinajstić information content (AvgIpc) is 3.22. The number of nitrogens with zero attached hydrogens (tertiary/aromatic N) is 2.